The number of cyclic esters (lactones) is 2. The Morgan fingerprint density at radius 1 is 1.05 bits per heavy atom. The Bertz CT molecular complexity index is 394. The van der Waals surface area contributed by atoms with Gasteiger partial charge < -0.3 is 20.5 Å². The minimum absolute atomic E-state index is 0.105. The summed E-state index contributed by atoms with van der Waals surface area (Å²) in [6, 6.07) is 10.3. The lowest BCUT2D eigenvalue weighted by Crippen LogP contribution is -2.28. The number of esters is 2. The highest BCUT2D eigenvalue weighted by atomic mass is 16.6. The zero-order chi connectivity index (χ0) is 16.6. The monoisotopic (exact) mass is 310 g/mol. The van der Waals surface area contributed by atoms with E-state index in [2.05, 4.69) is 40.8 Å². The molecule has 6 nitrogen and oxygen atoms in total. The molecule has 0 saturated carbocycles. The van der Waals surface area contributed by atoms with E-state index in [4.69, 9.17) is 5.73 Å². The molecule has 1 aromatic carbocycles. The zero-order valence-corrected chi connectivity index (χ0v) is 13.3. The second-order valence-corrected chi connectivity index (χ2v) is 4.32. The number of ether oxygens (including phenoxy) is 2. The van der Waals surface area contributed by atoms with Crippen molar-refractivity contribution in [3.63, 3.8) is 0 Å². The van der Waals surface area contributed by atoms with Crippen LogP contribution in [0.5, 0.6) is 0 Å². The third kappa shape index (κ3) is 12.0. The highest BCUT2D eigenvalue weighted by Gasteiger charge is 2.16. The van der Waals surface area contributed by atoms with Crippen LogP contribution in [-0.2, 0) is 25.5 Å². The van der Waals surface area contributed by atoms with Crippen molar-refractivity contribution in [1.29, 1.82) is 0 Å². The van der Waals surface area contributed by atoms with Gasteiger partial charge in [-0.25, -0.2) is 9.59 Å². The molecule has 0 amide bonds. The number of carbonyl (C=O) groups is 2. The first-order valence-corrected chi connectivity index (χ1v) is 7.39. The topological polar surface area (TPSA) is 90.6 Å². The molecule has 1 saturated heterocycles. The summed E-state index contributed by atoms with van der Waals surface area (Å²) in [6.45, 7) is 6.92. The maximum Gasteiger partial charge on any atom is 0.339 e. The molecule has 1 aliphatic heterocycles. The molecular formula is C16H26N2O4. The molecule has 22 heavy (non-hydrogen) atoms. The maximum atomic E-state index is 10.1. The quantitative estimate of drug-likeness (QED) is 0.634. The number of nitrogens with one attached hydrogen (secondary N) is 1. The van der Waals surface area contributed by atoms with Gasteiger partial charge in [0.1, 0.15) is 13.2 Å². The number of rotatable bonds is 4. The fraction of sp³-hybridized carbons (Fsp3) is 0.500. The van der Waals surface area contributed by atoms with Crippen LogP contribution in [0.15, 0.2) is 30.3 Å². The SMILES string of the molecule is CCNCC.NCCc1ccccc1.O=C1COCC(=O)O1. The average molecular weight is 310 g/mol. The highest BCUT2D eigenvalue weighted by Crippen LogP contribution is 1.96. The summed E-state index contributed by atoms with van der Waals surface area (Å²) in [5.74, 6) is -1.22. The summed E-state index contributed by atoms with van der Waals surface area (Å²) in [5.41, 5.74) is 6.68. The minimum Gasteiger partial charge on any atom is -0.390 e. The van der Waals surface area contributed by atoms with Crippen molar-refractivity contribution in [1.82, 2.24) is 5.32 Å². The van der Waals surface area contributed by atoms with Crippen LogP contribution >= 0.6 is 0 Å². The van der Waals surface area contributed by atoms with Gasteiger partial charge in [-0.2, -0.15) is 0 Å². The molecule has 0 spiro atoms. The van der Waals surface area contributed by atoms with Crippen LogP contribution in [0.2, 0.25) is 0 Å². The molecule has 0 unspecified atom stereocenters. The molecule has 1 aromatic rings. The predicted octanol–water partition coefficient (Wildman–Crippen LogP) is 0.890. The Hall–Kier alpha value is -1.76. The number of nitrogens with two attached hydrogens (primary N) is 1. The van der Waals surface area contributed by atoms with Crippen molar-refractivity contribution in [3.8, 4) is 0 Å². The van der Waals surface area contributed by atoms with Crippen molar-refractivity contribution in [2.24, 2.45) is 5.73 Å². The third-order valence-corrected chi connectivity index (χ3v) is 2.44. The molecule has 0 radical (unpaired) electrons. The third-order valence-electron chi connectivity index (χ3n) is 2.44. The van der Waals surface area contributed by atoms with E-state index in [-0.39, 0.29) is 13.2 Å². The number of benzene rings is 1. The number of hydrogen-bond donors (Lipinski definition) is 2. The smallest absolute Gasteiger partial charge is 0.339 e. The second-order valence-electron chi connectivity index (χ2n) is 4.32. The van der Waals surface area contributed by atoms with E-state index in [1.54, 1.807) is 0 Å². The summed E-state index contributed by atoms with van der Waals surface area (Å²) in [5, 5.41) is 3.11. The molecule has 1 fully saturated rings. The van der Waals surface area contributed by atoms with Gasteiger partial charge in [0.15, 0.2) is 0 Å². The van der Waals surface area contributed by atoms with Gasteiger partial charge in [0.25, 0.3) is 0 Å². The van der Waals surface area contributed by atoms with Gasteiger partial charge in [-0.3, -0.25) is 0 Å². The molecule has 6 heteroatoms. The Kier molecular flexibility index (Phi) is 13.1. The largest absolute Gasteiger partial charge is 0.390 e. The van der Waals surface area contributed by atoms with E-state index in [0.29, 0.717) is 0 Å². The molecule has 1 heterocycles. The van der Waals surface area contributed by atoms with Gasteiger partial charge >= 0.3 is 11.9 Å². The first kappa shape index (κ1) is 20.2. The Labute approximate surface area is 132 Å². The Balaban J connectivity index is 0.000000315. The highest BCUT2D eigenvalue weighted by molar-refractivity contribution is 5.88. The van der Waals surface area contributed by atoms with Gasteiger partial charge in [-0.05, 0) is 31.6 Å². The lowest BCUT2D eigenvalue weighted by atomic mass is 10.2. The van der Waals surface area contributed by atoms with Gasteiger partial charge in [0.05, 0.1) is 0 Å². The van der Waals surface area contributed by atoms with Gasteiger partial charge in [0, 0.05) is 0 Å². The van der Waals surface area contributed by atoms with E-state index in [1.165, 1.54) is 5.56 Å². The Morgan fingerprint density at radius 3 is 1.91 bits per heavy atom. The fourth-order valence-electron chi connectivity index (χ4n) is 1.46. The summed E-state index contributed by atoms with van der Waals surface area (Å²) in [7, 11) is 0. The average Bonchev–Trinajstić information content (AvgIpc) is 2.50. The first-order chi connectivity index (χ1) is 10.6. The molecule has 0 bridgehead atoms. The molecule has 0 atom stereocenters. The van der Waals surface area contributed by atoms with Gasteiger partial charge in [-0.15, -0.1) is 0 Å². The zero-order valence-electron chi connectivity index (χ0n) is 13.3. The molecule has 0 aliphatic carbocycles. The van der Waals surface area contributed by atoms with Crippen LogP contribution < -0.4 is 11.1 Å². The summed E-state index contributed by atoms with van der Waals surface area (Å²) in [4.78, 5) is 20.2. The normalized spacial score (nSPS) is 13.2. The van der Waals surface area contributed by atoms with Crippen LogP contribution in [0, 0.1) is 0 Å². The molecule has 3 N–H and O–H groups in total. The molecule has 124 valence electrons. The van der Waals surface area contributed by atoms with Crippen LogP contribution in [-0.4, -0.2) is 44.8 Å². The molecular weight excluding hydrogens is 284 g/mol. The minimum atomic E-state index is -0.610. The lowest BCUT2D eigenvalue weighted by molar-refractivity contribution is -0.174. The van der Waals surface area contributed by atoms with E-state index in [0.717, 1.165) is 26.1 Å². The van der Waals surface area contributed by atoms with Gasteiger partial charge in [0.2, 0.25) is 0 Å². The fourth-order valence-corrected chi connectivity index (χ4v) is 1.46. The van der Waals surface area contributed by atoms with Crippen LogP contribution in [0.4, 0.5) is 0 Å². The second kappa shape index (κ2) is 14.2. The molecule has 2 rings (SSSR count). The van der Waals surface area contributed by atoms with E-state index in [1.807, 2.05) is 18.2 Å². The molecule has 0 aromatic heterocycles. The summed E-state index contributed by atoms with van der Waals surface area (Å²) >= 11 is 0. The number of hydrogen-bond acceptors (Lipinski definition) is 6. The Morgan fingerprint density at radius 2 is 1.59 bits per heavy atom. The summed E-state index contributed by atoms with van der Waals surface area (Å²) < 4.78 is 8.55. The lowest BCUT2D eigenvalue weighted by Gasteiger charge is -2.07. The van der Waals surface area contributed by atoms with Crippen molar-refractivity contribution in [2.45, 2.75) is 20.3 Å². The van der Waals surface area contributed by atoms with Crippen molar-refractivity contribution < 1.29 is 19.1 Å². The van der Waals surface area contributed by atoms with E-state index in [9.17, 15) is 9.59 Å². The van der Waals surface area contributed by atoms with Gasteiger partial charge in [-0.1, -0.05) is 44.2 Å². The van der Waals surface area contributed by atoms with Crippen LogP contribution in [0.3, 0.4) is 0 Å². The maximum absolute atomic E-state index is 10.1. The number of carbonyl (C=O) groups excluding carboxylic acids is 2. The van der Waals surface area contributed by atoms with Crippen molar-refractivity contribution in [3.05, 3.63) is 35.9 Å². The summed E-state index contributed by atoms with van der Waals surface area (Å²) in [6.07, 6.45) is 0.987. The van der Waals surface area contributed by atoms with Crippen molar-refractivity contribution in [2.75, 3.05) is 32.8 Å². The van der Waals surface area contributed by atoms with E-state index < -0.39 is 11.9 Å². The first-order valence-electron chi connectivity index (χ1n) is 7.39. The van der Waals surface area contributed by atoms with Crippen molar-refractivity contribution >= 4 is 11.9 Å². The molecule has 1 aliphatic rings. The van der Waals surface area contributed by atoms with E-state index >= 15 is 0 Å². The van der Waals surface area contributed by atoms with Crippen LogP contribution in [0.1, 0.15) is 19.4 Å². The predicted molar refractivity (Wildman–Crippen MR) is 85.3 cm³/mol. The standard InChI is InChI=1S/C8H11N.C4H11N.C4H4O4/c9-7-6-8-4-2-1-3-5-8;1-3-5-4-2;5-3-1-7-2-4(6)8-3/h1-5H,6-7,9H2;5H,3-4H2,1-2H3;1-2H2. The van der Waals surface area contributed by atoms with Crippen LogP contribution in [0.25, 0.3) is 0 Å².